The topological polar surface area (TPSA) is 106 Å². The van der Waals surface area contributed by atoms with Crippen LogP contribution in [-0.2, 0) is 16.6 Å². The van der Waals surface area contributed by atoms with Crippen LogP contribution >= 0.6 is 11.6 Å². The van der Waals surface area contributed by atoms with Crippen LogP contribution in [0.4, 0.5) is 5.69 Å². The molecule has 0 atom stereocenters. The SMILES string of the molecule is CCc1cc(-c2ccc(NC(=O)C3(c4cccc(Cl)c4)CC3)cc2/C(N)=N/N)ccn1. The lowest BCUT2D eigenvalue weighted by molar-refractivity contribution is -0.118. The largest absolute Gasteiger partial charge is 0.382 e. The third-order valence-electron chi connectivity index (χ3n) is 5.74. The number of hydrogen-bond acceptors (Lipinski definition) is 4. The summed E-state index contributed by atoms with van der Waals surface area (Å²) in [7, 11) is 0. The van der Waals surface area contributed by atoms with Crippen molar-refractivity contribution < 1.29 is 4.79 Å². The van der Waals surface area contributed by atoms with Gasteiger partial charge in [0, 0.05) is 28.2 Å². The molecule has 31 heavy (non-hydrogen) atoms. The molecule has 1 aromatic heterocycles. The molecule has 1 amide bonds. The van der Waals surface area contributed by atoms with E-state index in [1.807, 2.05) is 48.5 Å². The summed E-state index contributed by atoms with van der Waals surface area (Å²) in [6.07, 6.45) is 4.16. The Morgan fingerprint density at radius 1 is 1.19 bits per heavy atom. The fourth-order valence-corrected chi connectivity index (χ4v) is 3.99. The smallest absolute Gasteiger partial charge is 0.235 e. The van der Waals surface area contributed by atoms with Crippen LogP contribution in [0.1, 0.15) is 36.6 Å². The normalized spacial score (nSPS) is 14.8. The first-order valence-corrected chi connectivity index (χ1v) is 10.5. The van der Waals surface area contributed by atoms with Crippen molar-refractivity contribution in [2.75, 3.05) is 5.32 Å². The molecule has 1 saturated carbocycles. The molecule has 0 radical (unpaired) electrons. The van der Waals surface area contributed by atoms with E-state index in [-0.39, 0.29) is 11.7 Å². The number of pyridine rings is 1. The van der Waals surface area contributed by atoms with Gasteiger partial charge >= 0.3 is 0 Å². The van der Waals surface area contributed by atoms with E-state index in [0.717, 1.165) is 41.6 Å². The molecular weight excluding hydrogens is 410 g/mol. The Morgan fingerprint density at radius 2 is 2.00 bits per heavy atom. The number of nitrogens with two attached hydrogens (primary N) is 2. The van der Waals surface area contributed by atoms with Crippen LogP contribution in [0.5, 0.6) is 0 Å². The summed E-state index contributed by atoms with van der Waals surface area (Å²) in [6.45, 7) is 2.05. The van der Waals surface area contributed by atoms with E-state index in [1.54, 1.807) is 12.3 Å². The predicted octanol–water partition coefficient (Wildman–Crippen LogP) is 4.21. The molecule has 158 valence electrons. The first-order valence-electron chi connectivity index (χ1n) is 10.2. The highest BCUT2D eigenvalue weighted by Crippen LogP contribution is 2.49. The number of halogens is 1. The summed E-state index contributed by atoms with van der Waals surface area (Å²) >= 11 is 6.14. The number of rotatable bonds is 6. The number of aromatic nitrogens is 1. The van der Waals surface area contributed by atoms with Gasteiger partial charge in [0.2, 0.25) is 5.91 Å². The number of nitrogens with zero attached hydrogens (tertiary/aromatic N) is 2. The quantitative estimate of drug-likeness (QED) is 0.234. The summed E-state index contributed by atoms with van der Waals surface area (Å²) in [5, 5.41) is 7.34. The molecule has 3 aromatic rings. The van der Waals surface area contributed by atoms with Crippen LogP contribution in [-0.4, -0.2) is 16.7 Å². The van der Waals surface area contributed by atoms with Crippen LogP contribution < -0.4 is 16.9 Å². The minimum Gasteiger partial charge on any atom is -0.382 e. The van der Waals surface area contributed by atoms with Gasteiger partial charge in [-0.2, -0.15) is 5.10 Å². The van der Waals surface area contributed by atoms with Crippen molar-refractivity contribution in [1.82, 2.24) is 4.98 Å². The molecule has 1 heterocycles. The summed E-state index contributed by atoms with van der Waals surface area (Å²) < 4.78 is 0. The van der Waals surface area contributed by atoms with Gasteiger partial charge in [-0.1, -0.05) is 36.7 Å². The monoisotopic (exact) mass is 433 g/mol. The van der Waals surface area contributed by atoms with Crippen molar-refractivity contribution in [3.63, 3.8) is 0 Å². The summed E-state index contributed by atoms with van der Waals surface area (Å²) in [5.74, 6) is 5.61. The van der Waals surface area contributed by atoms with Crippen molar-refractivity contribution in [3.8, 4) is 11.1 Å². The van der Waals surface area contributed by atoms with E-state index < -0.39 is 5.41 Å². The van der Waals surface area contributed by atoms with Gasteiger partial charge in [-0.25, -0.2) is 0 Å². The average Bonchev–Trinajstić information content (AvgIpc) is 3.61. The fourth-order valence-electron chi connectivity index (χ4n) is 3.80. The lowest BCUT2D eigenvalue weighted by Gasteiger charge is -2.18. The summed E-state index contributed by atoms with van der Waals surface area (Å²) in [5.41, 5.74) is 10.6. The standard InChI is InChI=1S/C24H24ClN5O/c1-2-18-12-15(8-11-28-18)20-7-6-19(14-21(20)22(26)30-27)29-23(31)24(9-10-24)16-4-3-5-17(25)13-16/h3-8,11-14H,2,9-10,27H2,1H3,(H2,26,30)(H,29,31). The van der Waals surface area contributed by atoms with Crippen LogP contribution in [0.15, 0.2) is 65.9 Å². The molecule has 1 aliphatic carbocycles. The number of amides is 1. The number of benzene rings is 2. The predicted molar refractivity (Wildman–Crippen MR) is 125 cm³/mol. The molecule has 4 rings (SSSR count). The molecular formula is C24H24ClN5O. The number of amidine groups is 1. The Kier molecular flexibility index (Phi) is 5.65. The molecule has 0 saturated heterocycles. The van der Waals surface area contributed by atoms with Crippen LogP contribution in [0.25, 0.3) is 11.1 Å². The Morgan fingerprint density at radius 3 is 2.68 bits per heavy atom. The number of carbonyl (C=O) groups excluding carboxylic acids is 1. The molecule has 0 bridgehead atoms. The second kappa shape index (κ2) is 8.40. The van der Waals surface area contributed by atoms with E-state index in [2.05, 4.69) is 22.3 Å². The minimum atomic E-state index is -0.543. The fraction of sp³-hybridized carbons (Fsp3) is 0.208. The van der Waals surface area contributed by atoms with E-state index in [1.165, 1.54) is 0 Å². The maximum absolute atomic E-state index is 13.1. The van der Waals surface area contributed by atoms with E-state index in [0.29, 0.717) is 16.3 Å². The molecule has 0 spiro atoms. The van der Waals surface area contributed by atoms with Gasteiger partial charge < -0.3 is 16.9 Å². The van der Waals surface area contributed by atoms with Crippen molar-refractivity contribution >= 4 is 29.0 Å². The molecule has 1 aliphatic rings. The van der Waals surface area contributed by atoms with Crippen molar-refractivity contribution in [2.45, 2.75) is 31.6 Å². The number of hydrazone groups is 1. The van der Waals surface area contributed by atoms with Gasteiger partial charge in [0.1, 0.15) is 0 Å². The molecule has 0 aliphatic heterocycles. The van der Waals surface area contributed by atoms with Crippen molar-refractivity contribution in [1.29, 1.82) is 0 Å². The number of carbonyl (C=O) groups is 1. The molecule has 6 nitrogen and oxygen atoms in total. The second-order valence-electron chi connectivity index (χ2n) is 7.71. The highest BCUT2D eigenvalue weighted by molar-refractivity contribution is 6.30. The lowest BCUT2D eigenvalue weighted by Crippen LogP contribution is -2.28. The molecule has 7 heteroatoms. The Balaban J connectivity index is 1.66. The highest BCUT2D eigenvalue weighted by Gasteiger charge is 2.51. The number of hydrogen-bond donors (Lipinski definition) is 3. The van der Waals surface area contributed by atoms with E-state index >= 15 is 0 Å². The van der Waals surface area contributed by atoms with Crippen LogP contribution in [0.2, 0.25) is 5.02 Å². The average molecular weight is 434 g/mol. The van der Waals surface area contributed by atoms with Gasteiger partial charge in [0.05, 0.1) is 5.41 Å². The van der Waals surface area contributed by atoms with E-state index in [4.69, 9.17) is 23.2 Å². The Labute approximate surface area is 186 Å². The van der Waals surface area contributed by atoms with Crippen molar-refractivity contribution in [3.05, 3.63) is 82.6 Å². The zero-order chi connectivity index (χ0) is 22.0. The number of aryl methyl sites for hydroxylation is 1. The van der Waals surface area contributed by atoms with Gasteiger partial charge in [-0.15, -0.1) is 0 Å². The van der Waals surface area contributed by atoms with Gasteiger partial charge in [0.25, 0.3) is 0 Å². The molecule has 1 fully saturated rings. The van der Waals surface area contributed by atoms with Crippen LogP contribution in [0.3, 0.4) is 0 Å². The van der Waals surface area contributed by atoms with Gasteiger partial charge in [-0.3, -0.25) is 9.78 Å². The summed E-state index contributed by atoms with van der Waals surface area (Å²) in [4.78, 5) is 17.5. The summed E-state index contributed by atoms with van der Waals surface area (Å²) in [6, 6.07) is 17.0. The maximum atomic E-state index is 13.1. The maximum Gasteiger partial charge on any atom is 0.235 e. The second-order valence-corrected chi connectivity index (χ2v) is 8.15. The first-order chi connectivity index (χ1) is 15.0. The van der Waals surface area contributed by atoms with Crippen LogP contribution in [0, 0.1) is 0 Å². The third kappa shape index (κ3) is 4.11. The Hall–Kier alpha value is -3.38. The molecule has 2 aromatic carbocycles. The van der Waals surface area contributed by atoms with Crippen molar-refractivity contribution in [2.24, 2.45) is 16.7 Å². The highest BCUT2D eigenvalue weighted by atomic mass is 35.5. The lowest BCUT2D eigenvalue weighted by atomic mass is 9.94. The molecule has 0 unspecified atom stereocenters. The van der Waals surface area contributed by atoms with Gasteiger partial charge in [-0.05, 0) is 72.4 Å². The minimum absolute atomic E-state index is 0.0612. The van der Waals surface area contributed by atoms with Gasteiger partial charge in [0.15, 0.2) is 5.84 Å². The Bertz CT molecular complexity index is 1170. The molecule has 5 N–H and O–H groups in total. The first kappa shape index (κ1) is 20.9. The number of anilines is 1. The van der Waals surface area contributed by atoms with E-state index in [9.17, 15) is 4.79 Å². The number of nitrogens with one attached hydrogen (secondary N) is 1. The zero-order valence-electron chi connectivity index (χ0n) is 17.2. The zero-order valence-corrected chi connectivity index (χ0v) is 18.0. The third-order valence-corrected chi connectivity index (χ3v) is 5.98.